The van der Waals surface area contributed by atoms with Gasteiger partial charge < -0.3 is 29.7 Å². The standard InChI is InChI=1S/C30H32N4O6/c1-3-20-14-25(20)33-28(36)26-15-23(40-29-24-10-9-22(38-2)13-21(24)11-12-31-29)17-34(26)27(35)16-32-30(37)39-18-19-7-5-4-6-8-19/h3-13,20,23,25-26H,1,14-18H2,2H3,(H,32,37)(H,33,36)/t20?,23-,25?,26+/m1/s1. The Morgan fingerprint density at radius 3 is 2.70 bits per heavy atom. The van der Waals surface area contributed by atoms with Crippen molar-refractivity contribution in [2.24, 2.45) is 5.92 Å². The molecule has 5 rings (SSSR count). The van der Waals surface area contributed by atoms with Crippen molar-refractivity contribution < 1.29 is 28.6 Å². The van der Waals surface area contributed by atoms with Crippen molar-refractivity contribution in [3.63, 3.8) is 0 Å². The molecule has 40 heavy (non-hydrogen) atoms. The van der Waals surface area contributed by atoms with E-state index in [1.54, 1.807) is 13.3 Å². The molecule has 1 saturated heterocycles. The van der Waals surface area contributed by atoms with Gasteiger partial charge in [0.1, 0.15) is 31.0 Å². The fourth-order valence-electron chi connectivity index (χ4n) is 4.86. The van der Waals surface area contributed by atoms with Crippen LogP contribution in [-0.4, -0.2) is 66.2 Å². The summed E-state index contributed by atoms with van der Waals surface area (Å²) >= 11 is 0. The number of alkyl carbamates (subject to hydrolysis) is 1. The molecule has 2 unspecified atom stereocenters. The number of fused-ring (bicyclic) bond motifs is 1. The summed E-state index contributed by atoms with van der Waals surface area (Å²) in [6, 6.07) is 15.9. The number of likely N-dealkylation sites (tertiary alicyclic amines) is 1. The number of nitrogens with zero attached hydrogens (tertiary/aromatic N) is 2. The van der Waals surface area contributed by atoms with E-state index in [1.165, 1.54) is 4.90 Å². The van der Waals surface area contributed by atoms with Gasteiger partial charge >= 0.3 is 6.09 Å². The number of aromatic nitrogens is 1. The van der Waals surface area contributed by atoms with E-state index in [1.807, 2.05) is 60.7 Å². The Hall–Kier alpha value is -4.60. The molecular formula is C30H32N4O6. The minimum Gasteiger partial charge on any atom is -0.497 e. The molecule has 1 saturated carbocycles. The molecule has 2 aromatic carbocycles. The van der Waals surface area contributed by atoms with Crippen LogP contribution in [0.2, 0.25) is 0 Å². The van der Waals surface area contributed by atoms with E-state index in [4.69, 9.17) is 14.2 Å². The molecule has 2 fully saturated rings. The summed E-state index contributed by atoms with van der Waals surface area (Å²) < 4.78 is 16.8. The van der Waals surface area contributed by atoms with Gasteiger partial charge in [-0.3, -0.25) is 9.59 Å². The number of hydrogen-bond donors (Lipinski definition) is 2. The van der Waals surface area contributed by atoms with E-state index in [0.717, 1.165) is 22.8 Å². The molecule has 2 aliphatic rings. The van der Waals surface area contributed by atoms with Crippen molar-refractivity contribution in [1.82, 2.24) is 20.5 Å². The summed E-state index contributed by atoms with van der Waals surface area (Å²) in [6.07, 6.45) is 3.39. The van der Waals surface area contributed by atoms with E-state index in [-0.39, 0.29) is 44.0 Å². The summed E-state index contributed by atoms with van der Waals surface area (Å²) in [7, 11) is 1.60. The lowest BCUT2D eigenvalue weighted by molar-refractivity contribution is -0.137. The monoisotopic (exact) mass is 544 g/mol. The number of pyridine rings is 1. The summed E-state index contributed by atoms with van der Waals surface area (Å²) in [5.41, 5.74) is 0.832. The van der Waals surface area contributed by atoms with Crippen LogP contribution < -0.4 is 20.1 Å². The zero-order valence-corrected chi connectivity index (χ0v) is 22.2. The van der Waals surface area contributed by atoms with Gasteiger partial charge in [0.05, 0.1) is 13.7 Å². The van der Waals surface area contributed by atoms with Crippen molar-refractivity contribution in [1.29, 1.82) is 0 Å². The van der Waals surface area contributed by atoms with Crippen LogP contribution in [-0.2, 0) is 20.9 Å². The normalized spacial score (nSPS) is 21.4. The maximum atomic E-state index is 13.2. The van der Waals surface area contributed by atoms with Crippen LogP contribution in [0.3, 0.4) is 0 Å². The Morgan fingerprint density at radius 1 is 1.12 bits per heavy atom. The summed E-state index contributed by atoms with van der Waals surface area (Å²) in [4.78, 5) is 44.5. The number of methoxy groups -OCH3 is 1. The van der Waals surface area contributed by atoms with Crippen LogP contribution in [0, 0.1) is 5.92 Å². The Bertz CT molecular complexity index is 1400. The van der Waals surface area contributed by atoms with Crippen LogP contribution in [0.1, 0.15) is 18.4 Å². The fraction of sp³-hybridized carbons (Fsp3) is 0.333. The Morgan fingerprint density at radius 2 is 1.95 bits per heavy atom. The number of amides is 3. The van der Waals surface area contributed by atoms with Crippen molar-refractivity contribution in [3.8, 4) is 11.6 Å². The van der Waals surface area contributed by atoms with Crippen LogP contribution in [0.5, 0.6) is 11.6 Å². The van der Waals surface area contributed by atoms with Gasteiger partial charge in [0, 0.05) is 24.0 Å². The topological polar surface area (TPSA) is 119 Å². The van der Waals surface area contributed by atoms with Gasteiger partial charge in [0.15, 0.2) is 0 Å². The van der Waals surface area contributed by atoms with Crippen LogP contribution >= 0.6 is 0 Å². The van der Waals surface area contributed by atoms with Gasteiger partial charge in [-0.2, -0.15) is 0 Å². The van der Waals surface area contributed by atoms with Gasteiger partial charge in [-0.05, 0) is 47.6 Å². The number of hydrogen-bond acceptors (Lipinski definition) is 7. The third-order valence-corrected chi connectivity index (χ3v) is 7.17. The first kappa shape index (κ1) is 27.0. The molecule has 10 nitrogen and oxygen atoms in total. The second-order valence-electron chi connectivity index (χ2n) is 9.91. The van der Waals surface area contributed by atoms with Gasteiger partial charge in [-0.25, -0.2) is 9.78 Å². The number of nitrogens with one attached hydrogen (secondary N) is 2. The maximum Gasteiger partial charge on any atom is 0.407 e. The lowest BCUT2D eigenvalue weighted by Crippen LogP contribution is -2.49. The van der Waals surface area contributed by atoms with Crippen LogP contribution in [0.4, 0.5) is 4.79 Å². The molecule has 1 aliphatic heterocycles. The smallest absolute Gasteiger partial charge is 0.407 e. The average molecular weight is 545 g/mol. The highest BCUT2D eigenvalue weighted by molar-refractivity contribution is 5.91. The molecule has 1 aromatic heterocycles. The Balaban J connectivity index is 1.24. The van der Waals surface area contributed by atoms with Gasteiger partial charge in [0.25, 0.3) is 0 Å². The molecular weight excluding hydrogens is 512 g/mol. The molecule has 0 radical (unpaired) electrons. The van der Waals surface area contributed by atoms with E-state index >= 15 is 0 Å². The highest BCUT2D eigenvalue weighted by Crippen LogP contribution is 2.33. The van der Waals surface area contributed by atoms with Crippen molar-refractivity contribution in [2.75, 3.05) is 20.2 Å². The maximum absolute atomic E-state index is 13.2. The van der Waals surface area contributed by atoms with E-state index in [0.29, 0.717) is 11.6 Å². The minimum atomic E-state index is -0.749. The Labute approximate surface area is 232 Å². The van der Waals surface area contributed by atoms with Gasteiger partial charge in [0.2, 0.25) is 17.7 Å². The van der Waals surface area contributed by atoms with E-state index in [9.17, 15) is 14.4 Å². The first-order chi connectivity index (χ1) is 19.4. The molecule has 4 atom stereocenters. The third kappa shape index (κ3) is 6.33. The van der Waals surface area contributed by atoms with E-state index in [2.05, 4.69) is 22.2 Å². The third-order valence-electron chi connectivity index (χ3n) is 7.17. The Kier molecular flexibility index (Phi) is 8.14. The highest BCUT2D eigenvalue weighted by Gasteiger charge is 2.44. The van der Waals surface area contributed by atoms with E-state index < -0.39 is 24.1 Å². The predicted octanol–water partition coefficient (Wildman–Crippen LogP) is 3.21. The first-order valence-corrected chi connectivity index (χ1v) is 13.2. The van der Waals surface area contributed by atoms with Gasteiger partial charge in [-0.15, -0.1) is 6.58 Å². The minimum absolute atomic E-state index is 0.0164. The van der Waals surface area contributed by atoms with Crippen molar-refractivity contribution in [3.05, 3.63) is 79.0 Å². The molecule has 3 aromatic rings. The van der Waals surface area contributed by atoms with Crippen molar-refractivity contribution >= 4 is 28.7 Å². The SMILES string of the molecule is C=CC1CC1NC(=O)[C@@H]1C[C@@H](Oc2nccc3cc(OC)ccc23)CN1C(=O)CNC(=O)OCc1ccccc1. The van der Waals surface area contributed by atoms with Gasteiger partial charge in [-0.1, -0.05) is 36.4 Å². The fourth-order valence-corrected chi connectivity index (χ4v) is 4.86. The summed E-state index contributed by atoms with van der Waals surface area (Å²) in [5.74, 6) is 0.701. The predicted molar refractivity (Wildman–Crippen MR) is 148 cm³/mol. The number of ether oxygens (including phenoxy) is 3. The molecule has 0 spiro atoms. The number of carbonyl (C=O) groups excluding carboxylic acids is 3. The van der Waals surface area contributed by atoms with Crippen LogP contribution in [0.25, 0.3) is 10.8 Å². The number of carbonyl (C=O) groups is 3. The lowest BCUT2D eigenvalue weighted by atomic mass is 10.1. The molecule has 0 bridgehead atoms. The number of rotatable bonds is 10. The quantitative estimate of drug-likeness (QED) is 0.376. The number of benzene rings is 2. The summed E-state index contributed by atoms with van der Waals surface area (Å²) in [6.45, 7) is 3.73. The largest absolute Gasteiger partial charge is 0.497 e. The highest BCUT2D eigenvalue weighted by atomic mass is 16.5. The second kappa shape index (κ2) is 12.1. The molecule has 2 N–H and O–H groups in total. The molecule has 1 aliphatic carbocycles. The molecule has 3 amide bonds. The first-order valence-electron chi connectivity index (χ1n) is 13.2. The average Bonchev–Trinajstić information content (AvgIpc) is 3.60. The molecule has 2 heterocycles. The zero-order chi connectivity index (χ0) is 28.1. The van der Waals surface area contributed by atoms with Crippen LogP contribution in [0.15, 0.2) is 73.4 Å². The lowest BCUT2D eigenvalue weighted by Gasteiger charge is -2.23. The molecule has 208 valence electrons. The van der Waals surface area contributed by atoms with Crippen molar-refractivity contribution in [2.45, 2.75) is 37.6 Å². The molecule has 10 heteroatoms. The second-order valence-corrected chi connectivity index (χ2v) is 9.91. The summed E-state index contributed by atoms with van der Waals surface area (Å²) in [5, 5.41) is 7.20. The zero-order valence-electron chi connectivity index (χ0n) is 22.2.